The zero-order valence-corrected chi connectivity index (χ0v) is 8.30. The molecule has 1 atom stereocenters. The number of rotatable bonds is 4. The SMILES string of the molecule is CC(NCC1(C)CC1)c1ccn[nH]1. The van der Waals surface area contributed by atoms with E-state index >= 15 is 0 Å². The molecule has 1 unspecified atom stereocenters. The highest BCUT2D eigenvalue weighted by Crippen LogP contribution is 2.44. The van der Waals surface area contributed by atoms with Crippen LogP contribution >= 0.6 is 0 Å². The quantitative estimate of drug-likeness (QED) is 0.740. The molecule has 0 bridgehead atoms. The van der Waals surface area contributed by atoms with Gasteiger partial charge in [0, 0.05) is 18.8 Å². The second-order valence-electron chi connectivity index (χ2n) is 4.43. The number of hydrogen-bond donors (Lipinski definition) is 2. The number of hydrogen-bond acceptors (Lipinski definition) is 2. The Balaban J connectivity index is 1.82. The van der Waals surface area contributed by atoms with Crippen LogP contribution in [-0.2, 0) is 0 Å². The number of H-pyrrole nitrogens is 1. The van der Waals surface area contributed by atoms with Gasteiger partial charge in [0.1, 0.15) is 0 Å². The summed E-state index contributed by atoms with van der Waals surface area (Å²) in [4.78, 5) is 0. The summed E-state index contributed by atoms with van der Waals surface area (Å²) in [6.45, 7) is 5.62. The van der Waals surface area contributed by atoms with E-state index in [-0.39, 0.29) is 0 Å². The van der Waals surface area contributed by atoms with Crippen LogP contribution in [0.3, 0.4) is 0 Å². The van der Waals surface area contributed by atoms with Crippen molar-refractivity contribution in [2.75, 3.05) is 6.54 Å². The fourth-order valence-corrected chi connectivity index (χ4v) is 1.41. The van der Waals surface area contributed by atoms with Gasteiger partial charge in [-0.15, -0.1) is 0 Å². The van der Waals surface area contributed by atoms with Gasteiger partial charge in [-0.05, 0) is 31.2 Å². The minimum absolute atomic E-state index is 0.389. The van der Waals surface area contributed by atoms with E-state index in [9.17, 15) is 0 Å². The predicted molar refractivity (Wildman–Crippen MR) is 52.3 cm³/mol. The normalized spacial score (nSPS) is 21.4. The molecule has 1 heterocycles. The molecule has 2 N–H and O–H groups in total. The van der Waals surface area contributed by atoms with Crippen LogP contribution in [0, 0.1) is 5.41 Å². The Bertz CT molecular complexity index is 262. The molecule has 0 aromatic carbocycles. The van der Waals surface area contributed by atoms with Gasteiger partial charge in [-0.25, -0.2) is 0 Å². The fraction of sp³-hybridized carbons (Fsp3) is 0.700. The highest BCUT2D eigenvalue weighted by molar-refractivity contribution is 5.03. The summed E-state index contributed by atoms with van der Waals surface area (Å²) in [5, 5.41) is 10.4. The first kappa shape index (κ1) is 8.75. The van der Waals surface area contributed by atoms with Crippen molar-refractivity contribution in [1.82, 2.24) is 15.5 Å². The maximum absolute atomic E-state index is 3.94. The zero-order chi connectivity index (χ0) is 9.31. The van der Waals surface area contributed by atoms with Gasteiger partial charge in [-0.3, -0.25) is 5.10 Å². The average Bonchev–Trinajstić information content (AvgIpc) is 2.69. The Kier molecular flexibility index (Phi) is 2.12. The predicted octanol–water partition coefficient (Wildman–Crippen LogP) is 1.86. The van der Waals surface area contributed by atoms with E-state index in [1.165, 1.54) is 18.5 Å². The minimum atomic E-state index is 0.389. The number of aromatic amines is 1. The van der Waals surface area contributed by atoms with Gasteiger partial charge in [0.25, 0.3) is 0 Å². The molecule has 1 aliphatic rings. The molecule has 0 amide bonds. The average molecular weight is 179 g/mol. The Labute approximate surface area is 78.9 Å². The van der Waals surface area contributed by atoms with Crippen LogP contribution < -0.4 is 5.32 Å². The standard InChI is InChI=1S/C10H17N3/c1-8(9-3-6-12-13-9)11-7-10(2)4-5-10/h3,6,8,11H,4-5,7H2,1-2H3,(H,12,13). The summed E-state index contributed by atoms with van der Waals surface area (Å²) in [6, 6.07) is 2.41. The van der Waals surface area contributed by atoms with Crippen molar-refractivity contribution in [2.45, 2.75) is 32.7 Å². The molecule has 13 heavy (non-hydrogen) atoms. The molecule has 1 saturated carbocycles. The smallest absolute Gasteiger partial charge is 0.0518 e. The Morgan fingerprint density at radius 1 is 1.69 bits per heavy atom. The lowest BCUT2D eigenvalue weighted by atomic mass is 10.1. The van der Waals surface area contributed by atoms with Crippen LogP contribution in [-0.4, -0.2) is 16.7 Å². The van der Waals surface area contributed by atoms with Crippen molar-refractivity contribution in [2.24, 2.45) is 5.41 Å². The summed E-state index contributed by atoms with van der Waals surface area (Å²) in [5.74, 6) is 0. The van der Waals surface area contributed by atoms with Crippen molar-refractivity contribution in [1.29, 1.82) is 0 Å². The van der Waals surface area contributed by atoms with Crippen LogP contribution in [0.25, 0.3) is 0 Å². The molecule has 1 aliphatic carbocycles. The van der Waals surface area contributed by atoms with Crippen LogP contribution in [0.15, 0.2) is 12.3 Å². The van der Waals surface area contributed by atoms with Crippen molar-refractivity contribution < 1.29 is 0 Å². The minimum Gasteiger partial charge on any atom is -0.308 e. The maximum atomic E-state index is 3.94. The van der Waals surface area contributed by atoms with Crippen LogP contribution in [0.1, 0.15) is 38.4 Å². The monoisotopic (exact) mass is 179 g/mol. The van der Waals surface area contributed by atoms with E-state index in [1.54, 1.807) is 6.20 Å². The Hall–Kier alpha value is -0.830. The lowest BCUT2D eigenvalue weighted by Gasteiger charge is -2.15. The van der Waals surface area contributed by atoms with Gasteiger partial charge in [0.2, 0.25) is 0 Å². The maximum Gasteiger partial charge on any atom is 0.0518 e. The third kappa shape index (κ3) is 2.10. The molecule has 3 heteroatoms. The highest BCUT2D eigenvalue weighted by Gasteiger charge is 2.36. The number of aromatic nitrogens is 2. The molecule has 2 rings (SSSR count). The van der Waals surface area contributed by atoms with Crippen molar-refractivity contribution in [3.63, 3.8) is 0 Å². The van der Waals surface area contributed by atoms with Crippen LogP contribution in [0.2, 0.25) is 0 Å². The first-order chi connectivity index (χ1) is 6.20. The van der Waals surface area contributed by atoms with Gasteiger partial charge in [0.15, 0.2) is 0 Å². The molecular weight excluding hydrogens is 162 g/mol. The molecular formula is C10H17N3. The lowest BCUT2D eigenvalue weighted by Crippen LogP contribution is -2.25. The summed E-state index contributed by atoms with van der Waals surface area (Å²) in [5.41, 5.74) is 1.75. The second kappa shape index (κ2) is 3.14. The van der Waals surface area contributed by atoms with Gasteiger partial charge in [-0.2, -0.15) is 5.10 Å². The van der Waals surface area contributed by atoms with E-state index < -0.39 is 0 Å². The van der Waals surface area contributed by atoms with Crippen LogP contribution in [0.5, 0.6) is 0 Å². The fourth-order valence-electron chi connectivity index (χ4n) is 1.41. The summed E-state index contributed by atoms with van der Waals surface area (Å²) < 4.78 is 0. The zero-order valence-electron chi connectivity index (χ0n) is 8.30. The summed E-state index contributed by atoms with van der Waals surface area (Å²) in [7, 11) is 0. The van der Waals surface area contributed by atoms with Gasteiger partial charge >= 0.3 is 0 Å². The molecule has 1 aromatic rings. The van der Waals surface area contributed by atoms with Gasteiger partial charge < -0.3 is 5.32 Å². The largest absolute Gasteiger partial charge is 0.308 e. The van der Waals surface area contributed by atoms with Crippen molar-refractivity contribution >= 4 is 0 Å². The number of nitrogens with zero attached hydrogens (tertiary/aromatic N) is 1. The molecule has 0 radical (unpaired) electrons. The molecule has 0 spiro atoms. The first-order valence-electron chi connectivity index (χ1n) is 4.92. The molecule has 0 aliphatic heterocycles. The molecule has 0 saturated heterocycles. The summed E-state index contributed by atoms with van der Waals surface area (Å²) >= 11 is 0. The van der Waals surface area contributed by atoms with Crippen molar-refractivity contribution in [3.05, 3.63) is 18.0 Å². The van der Waals surface area contributed by atoms with Crippen LogP contribution in [0.4, 0.5) is 0 Å². The highest BCUT2D eigenvalue weighted by atomic mass is 15.1. The van der Waals surface area contributed by atoms with Gasteiger partial charge in [-0.1, -0.05) is 6.92 Å². The second-order valence-corrected chi connectivity index (χ2v) is 4.43. The third-order valence-electron chi connectivity index (χ3n) is 2.93. The number of nitrogens with one attached hydrogen (secondary N) is 2. The van der Waals surface area contributed by atoms with Crippen molar-refractivity contribution in [3.8, 4) is 0 Å². The van der Waals surface area contributed by atoms with E-state index in [1.807, 2.05) is 6.07 Å². The lowest BCUT2D eigenvalue weighted by molar-refractivity contribution is 0.452. The molecule has 3 nitrogen and oxygen atoms in total. The topological polar surface area (TPSA) is 40.7 Å². The molecule has 1 fully saturated rings. The summed E-state index contributed by atoms with van der Waals surface area (Å²) in [6.07, 6.45) is 4.54. The molecule has 72 valence electrons. The molecule has 1 aromatic heterocycles. The third-order valence-corrected chi connectivity index (χ3v) is 2.93. The van der Waals surface area contributed by atoms with E-state index in [0.29, 0.717) is 11.5 Å². The van der Waals surface area contributed by atoms with Gasteiger partial charge in [0.05, 0.1) is 5.69 Å². The van der Waals surface area contributed by atoms with E-state index in [0.717, 1.165) is 6.54 Å². The Morgan fingerprint density at radius 2 is 2.46 bits per heavy atom. The first-order valence-corrected chi connectivity index (χ1v) is 4.92. The van der Waals surface area contributed by atoms with E-state index in [2.05, 4.69) is 29.4 Å². The Morgan fingerprint density at radius 3 is 3.00 bits per heavy atom. The van der Waals surface area contributed by atoms with E-state index in [4.69, 9.17) is 0 Å².